The molecule has 1 aromatic heterocycles. The molecule has 2 aromatic rings. The summed E-state index contributed by atoms with van der Waals surface area (Å²) in [6.45, 7) is 3.72. The third-order valence-corrected chi connectivity index (χ3v) is 2.54. The fourth-order valence-corrected chi connectivity index (χ4v) is 1.68. The van der Waals surface area contributed by atoms with E-state index in [-0.39, 0.29) is 17.5 Å². The Morgan fingerprint density at radius 1 is 1.31 bits per heavy atom. The first kappa shape index (κ1) is 10.6. The predicted molar refractivity (Wildman–Crippen MR) is 62.6 cm³/mol. The Morgan fingerprint density at radius 3 is 2.75 bits per heavy atom. The molecule has 0 aliphatic rings. The number of phenolic OH excluding ortho intramolecular Hbond substituents is 1. The number of hydrogen-bond donors (Lipinski definition) is 1. The number of aromatic nitrogens is 1. The third-order valence-electron chi connectivity index (χ3n) is 2.54. The van der Waals surface area contributed by atoms with E-state index in [0.29, 0.717) is 16.5 Å². The van der Waals surface area contributed by atoms with Gasteiger partial charge < -0.3 is 5.11 Å². The van der Waals surface area contributed by atoms with Crippen LogP contribution in [-0.4, -0.2) is 15.9 Å². The minimum absolute atomic E-state index is 0.0621. The van der Waals surface area contributed by atoms with Crippen molar-refractivity contribution in [2.45, 2.75) is 13.8 Å². The number of Topliss-reactive ketones (excluding diaryl/α,β-unsaturated/α-hetero) is 1. The largest absolute Gasteiger partial charge is 0.506 e. The van der Waals surface area contributed by atoms with E-state index >= 15 is 0 Å². The van der Waals surface area contributed by atoms with Gasteiger partial charge in [-0.25, -0.2) is 0 Å². The predicted octanol–water partition coefficient (Wildman–Crippen LogP) is 2.78. The zero-order valence-electron chi connectivity index (χ0n) is 9.27. The molecule has 0 bridgehead atoms. The van der Waals surface area contributed by atoms with Crippen LogP contribution < -0.4 is 0 Å². The lowest BCUT2D eigenvalue weighted by molar-refractivity contribution is 0.0941. The number of rotatable bonds is 2. The molecule has 16 heavy (non-hydrogen) atoms. The zero-order chi connectivity index (χ0) is 11.7. The van der Waals surface area contributed by atoms with Crippen LogP contribution in [-0.2, 0) is 0 Å². The summed E-state index contributed by atoms with van der Waals surface area (Å²) in [7, 11) is 0. The molecule has 0 aliphatic heterocycles. The van der Waals surface area contributed by atoms with Crippen molar-refractivity contribution in [3.05, 3.63) is 36.0 Å². The highest BCUT2D eigenvalue weighted by molar-refractivity contribution is 6.09. The van der Waals surface area contributed by atoms with E-state index in [1.54, 1.807) is 24.4 Å². The molecule has 82 valence electrons. The van der Waals surface area contributed by atoms with E-state index in [0.717, 1.165) is 0 Å². The highest BCUT2D eigenvalue weighted by Crippen LogP contribution is 2.26. The molecule has 0 saturated carbocycles. The number of aromatic hydroxyl groups is 1. The quantitative estimate of drug-likeness (QED) is 0.783. The van der Waals surface area contributed by atoms with Crippen molar-refractivity contribution < 1.29 is 9.90 Å². The Kier molecular flexibility index (Phi) is 2.60. The van der Waals surface area contributed by atoms with Gasteiger partial charge in [-0.15, -0.1) is 0 Å². The molecule has 0 unspecified atom stereocenters. The summed E-state index contributed by atoms with van der Waals surface area (Å²) in [6, 6.07) is 6.74. The molecule has 2 rings (SSSR count). The van der Waals surface area contributed by atoms with Crippen molar-refractivity contribution in [3.63, 3.8) is 0 Å². The van der Waals surface area contributed by atoms with Crippen LogP contribution in [0.2, 0.25) is 0 Å². The Labute approximate surface area is 93.7 Å². The maximum absolute atomic E-state index is 12.0. The molecule has 0 radical (unpaired) electrons. The van der Waals surface area contributed by atoms with Crippen LogP contribution in [0.25, 0.3) is 10.9 Å². The molecule has 0 aliphatic carbocycles. The number of carbonyl (C=O) groups excluding carboxylic acids is 1. The van der Waals surface area contributed by atoms with E-state index in [1.807, 2.05) is 13.8 Å². The van der Waals surface area contributed by atoms with E-state index in [9.17, 15) is 9.90 Å². The van der Waals surface area contributed by atoms with Crippen molar-refractivity contribution in [2.24, 2.45) is 5.92 Å². The van der Waals surface area contributed by atoms with Gasteiger partial charge in [-0.3, -0.25) is 9.78 Å². The molecular weight excluding hydrogens is 202 g/mol. The number of phenols is 1. The SMILES string of the molecule is CC(C)C(=O)c1ccc(O)c2ncccc12. The number of nitrogens with zero attached hydrogens (tertiary/aromatic N) is 1. The van der Waals surface area contributed by atoms with E-state index in [1.165, 1.54) is 6.07 Å². The summed E-state index contributed by atoms with van der Waals surface area (Å²) in [5.74, 6) is 0.113. The van der Waals surface area contributed by atoms with Gasteiger partial charge in [0.2, 0.25) is 0 Å². The van der Waals surface area contributed by atoms with Crippen molar-refractivity contribution >= 4 is 16.7 Å². The van der Waals surface area contributed by atoms with Gasteiger partial charge in [0, 0.05) is 23.1 Å². The molecule has 0 fully saturated rings. The highest BCUT2D eigenvalue weighted by Gasteiger charge is 2.15. The number of carbonyl (C=O) groups is 1. The van der Waals surface area contributed by atoms with Gasteiger partial charge in [0.15, 0.2) is 5.78 Å². The van der Waals surface area contributed by atoms with E-state index < -0.39 is 0 Å². The molecule has 0 atom stereocenters. The molecule has 0 saturated heterocycles. The normalized spacial score (nSPS) is 10.9. The lowest BCUT2D eigenvalue weighted by Gasteiger charge is -2.08. The monoisotopic (exact) mass is 215 g/mol. The molecule has 3 heteroatoms. The van der Waals surface area contributed by atoms with Crippen LogP contribution in [0, 0.1) is 5.92 Å². The minimum atomic E-state index is -0.0621. The van der Waals surface area contributed by atoms with Crippen molar-refractivity contribution in [1.82, 2.24) is 4.98 Å². The molecule has 1 heterocycles. The smallest absolute Gasteiger partial charge is 0.166 e. The number of pyridine rings is 1. The summed E-state index contributed by atoms with van der Waals surface area (Å²) in [5, 5.41) is 10.4. The van der Waals surface area contributed by atoms with Crippen LogP contribution in [0.1, 0.15) is 24.2 Å². The van der Waals surface area contributed by atoms with Crippen molar-refractivity contribution in [1.29, 1.82) is 0 Å². The Bertz CT molecular complexity index is 547. The molecule has 1 N–H and O–H groups in total. The Hall–Kier alpha value is -1.90. The maximum Gasteiger partial charge on any atom is 0.166 e. The average molecular weight is 215 g/mol. The zero-order valence-corrected chi connectivity index (χ0v) is 9.27. The maximum atomic E-state index is 12.0. The van der Waals surface area contributed by atoms with Crippen molar-refractivity contribution in [2.75, 3.05) is 0 Å². The topological polar surface area (TPSA) is 50.2 Å². The van der Waals surface area contributed by atoms with Crippen LogP contribution >= 0.6 is 0 Å². The van der Waals surface area contributed by atoms with Gasteiger partial charge in [0.05, 0.1) is 0 Å². The van der Waals surface area contributed by atoms with Gasteiger partial charge in [-0.1, -0.05) is 19.9 Å². The van der Waals surface area contributed by atoms with Crippen molar-refractivity contribution in [3.8, 4) is 5.75 Å². The van der Waals surface area contributed by atoms with Crippen LogP contribution in [0.5, 0.6) is 5.75 Å². The fraction of sp³-hybridized carbons (Fsp3) is 0.231. The number of ketones is 1. The Balaban J connectivity index is 2.72. The van der Waals surface area contributed by atoms with E-state index in [2.05, 4.69) is 4.98 Å². The summed E-state index contributed by atoms with van der Waals surface area (Å²) in [4.78, 5) is 16.0. The fourth-order valence-electron chi connectivity index (χ4n) is 1.68. The summed E-state index contributed by atoms with van der Waals surface area (Å²) in [6.07, 6.45) is 1.60. The molecular formula is C13H13NO2. The van der Waals surface area contributed by atoms with Crippen LogP contribution in [0.15, 0.2) is 30.5 Å². The average Bonchev–Trinajstić information content (AvgIpc) is 2.29. The lowest BCUT2D eigenvalue weighted by Crippen LogP contribution is -2.08. The standard InChI is InChI=1S/C13H13NO2/c1-8(2)13(16)10-5-6-11(15)12-9(10)4-3-7-14-12/h3-8,15H,1-2H3. The van der Waals surface area contributed by atoms with Gasteiger partial charge >= 0.3 is 0 Å². The van der Waals surface area contributed by atoms with Crippen LogP contribution in [0.3, 0.4) is 0 Å². The molecule has 0 spiro atoms. The number of fused-ring (bicyclic) bond motifs is 1. The second-order valence-corrected chi connectivity index (χ2v) is 4.05. The van der Waals surface area contributed by atoms with Crippen LogP contribution in [0.4, 0.5) is 0 Å². The first-order chi connectivity index (χ1) is 7.61. The van der Waals surface area contributed by atoms with Gasteiger partial charge in [0.25, 0.3) is 0 Å². The van der Waals surface area contributed by atoms with Gasteiger partial charge in [0.1, 0.15) is 11.3 Å². The summed E-state index contributed by atoms with van der Waals surface area (Å²) >= 11 is 0. The van der Waals surface area contributed by atoms with E-state index in [4.69, 9.17) is 0 Å². The second kappa shape index (κ2) is 3.93. The molecule has 0 amide bonds. The number of benzene rings is 1. The summed E-state index contributed by atoms with van der Waals surface area (Å²) in [5.41, 5.74) is 1.10. The first-order valence-corrected chi connectivity index (χ1v) is 5.22. The highest BCUT2D eigenvalue weighted by atomic mass is 16.3. The lowest BCUT2D eigenvalue weighted by atomic mass is 9.97. The summed E-state index contributed by atoms with van der Waals surface area (Å²) < 4.78 is 0. The first-order valence-electron chi connectivity index (χ1n) is 5.22. The van der Waals surface area contributed by atoms with Gasteiger partial charge in [-0.2, -0.15) is 0 Å². The van der Waals surface area contributed by atoms with Gasteiger partial charge in [-0.05, 0) is 18.2 Å². The minimum Gasteiger partial charge on any atom is -0.506 e. The second-order valence-electron chi connectivity index (χ2n) is 4.05. The molecule has 1 aromatic carbocycles. The Morgan fingerprint density at radius 2 is 2.06 bits per heavy atom. The molecule has 3 nitrogen and oxygen atoms in total. The third kappa shape index (κ3) is 1.65. The number of hydrogen-bond acceptors (Lipinski definition) is 3.